The van der Waals surface area contributed by atoms with E-state index in [4.69, 9.17) is 9.26 Å². The molecular formula is C15H23N3O3. The third-order valence-corrected chi connectivity index (χ3v) is 4.38. The van der Waals surface area contributed by atoms with E-state index >= 15 is 0 Å². The molecule has 3 rings (SSSR count). The van der Waals surface area contributed by atoms with E-state index in [0.717, 1.165) is 57.9 Å². The third kappa shape index (κ3) is 3.63. The van der Waals surface area contributed by atoms with Crippen LogP contribution in [0.4, 0.5) is 0 Å². The Morgan fingerprint density at radius 2 is 2.00 bits per heavy atom. The van der Waals surface area contributed by atoms with Crippen molar-refractivity contribution in [3.8, 4) is 0 Å². The van der Waals surface area contributed by atoms with Gasteiger partial charge in [-0.25, -0.2) is 0 Å². The summed E-state index contributed by atoms with van der Waals surface area (Å²) < 4.78 is 10.5. The summed E-state index contributed by atoms with van der Waals surface area (Å²) in [6, 6.07) is 2.46. The molecule has 0 atom stereocenters. The van der Waals surface area contributed by atoms with Crippen molar-refractivity contribution in [2.24, 2.45) is 0 Å². The van der Waals surface area contributed by atoms with Crippen LogP contribution in [0.1, 0.15) is 24.3 Å². The van der Waals surface area contributed by atoms with Crippen LogP contribution in [0, 0.1) is 6.92 Å². The standard InChI is InChI=1S/C15H23N3O3/c1-12-10-14(21-16-12)11-15(19)18-6-4-17(5-7-18)13-2-8-20-9-3-13/h10,13H,2-9,11H2,1H3. The maximum atomic E-state index is 12.3. The van der Waals surface area contributed by atoms with Gasteiger partial charge in [0.05, 0.1) is 12.1 Å². The van der Waals surface area contributed by atoms with Gasteiger partial charge in [-0.1, -0.05) is 5.16 Å². The zero-order valence-electron chi connectivity index (χ0n) is 12.6. The topological polar surface area (TPSA) is 58.8 Å². The molecule has 116 valence electrons. The van der Waals surface area contributed by atoms with E-state index in [9.17, 15) is 4.79 Å². The molecule has 0 unspecified atom stereocenters. The van der Waals surface area contributed by atoms with Crippen molar-refractivity contribution in [2.45, 2.75) is 32.2 Å². The van der Waals surface area contributed by atoms with Crippen LogP contribution in [0.15, 0.2) is 10.6 Å². The molecule has 3 heterocycles. The molecule has 0 aromatic carbocycles. The van der Waals surface area contributed by atoms with Gasteiger partial charge in [0.2, 0.25) is 5.91 Å². The van der Waals surface area contributed by atoms with Crippen molar-refractivity contribution in [2.75, 3.05) is 39.4 Å². The molecular weight excluding hydrogens is 270 g/mol. The molecule has 6 heteroatoms. The first-order chi connectivity index (χ1) is 10.2. The minimum Gasteiger partial charge on any atom is -0.381 e. The van der Waals surface area contributed by atoms with Gasteiger partial charge in [0.15, 0.2) is 0 Å². The number of aryl methyl sites for hydroxylation is 1. The van der Waals surface area contributed by atoms with E-state index in [-0.39, 0.29) is 5.91 Å². The fourth-order valence-electron chi connectivity index (χ4n) is 3.15. The lowest BCUT2D eigenvalue weighted by Crippen LogP contribution is -2.53. The van der Waals surface area contributed by atoms with Crippen LogP contribution in [-0.2, 0) is 16.0 Å². The van der Waals surface area contributed by atoms with Crippen LogP contribution < -0.4 is 0 Å². The van der Waals surface area contributed by atoms with E-state index in [1.165, 1.54) is 0 Å². The molecule has 1 amide bonds. The molecule has 1 aromatic heterocycles. The smallest absolute Gasteiger partial charge is 0.230 e. The van der Waals surface area contributed by atoms with Gasteiger partial charge in [0.25, 0.3) is 0 Å². The number of ether oxygens (including phenoxy) is 1. The van der Waals surface area contributed by atoms with Crippen LogP contribution in [0.3, 0.4) is 0 Å². The summed E-state index contributed by atoms with van der Waals surface area (Å²) >= 11 is 0. The third-order valence-electron chi connectivity index (χ3n) is 4.38. The average Bonchev–Trinajstić information content (AvgIpc) is 2.93. The first-order valence-corrected chi connectivity index (χ1v) is 7.74. The Morgan fingerprint density at radius 1 is 1.29 bits per heavy atom. The minimum atomic E-state index is 0.137. The fraction of sp³-hybridized carbons (Fsp3) is 0.733. The highest BCUT2D eigenvalue weighted by Gasteiger charge is 2.27. The molecule has 21 heavy (non-hydrogen) atoms. The first kappa shape index (κ1) is 14.5. The van der Waals surface area contributed by atoms with Gasteiger partial charge in [-0.2, -0.15) is 0 Å². The number of amides is 1. The Balaban J connectivity index is 1.47. The zero-order valence-corrected chi connectivity index (χ0v) is 12.6. The Hall–Kier alpha value is -1.40. The lowest BCUT2D eigenvalue weighted by molar-refractivity contribution is -0.133. The van der Waals surface area contributed by atoms with Crippen LogP contribution >= 0.6 is 0 Å². The van der Waals surface area contributed by atoms with Crippen molar-refractivity contribution in [1.82, 2.24) is 15.0 Å². The molecule has 2 saturated heterocycles. The molecule has 1 aromatic rings. The van der Waals surface area contributed by atoms with Crippen LogP contribution in [0.25, 0.3) is 0 Å². The molecule has 0 aliphatic carbocycles. The van der Waals surface area contributed by atoms with Crippen molar-refractivity contribution in [1.29, 1.82) is 0 Å². The summed E-state index contributed by atoms with van der Waals surface area (Å²) in [5.74, 6) is 0.794. The second kappa shape index (κ2) is 6.58. The molecule has 0 bridgehead atoms. The second-order valence-corrected chi connectivity index (χ2v) is 5.87. The van der Waals surface area contributed by atoms with Gasteiger partial charge in [-0.3, -0.25) is 9.69 Å². The highest BCUT2D eigenvalue weighted by molar-refractivity contribution is 5.78. The number of nitrogens with zero attached hydrogens (tertiary/aromatic N) is 3. The van der Waals surface area contributed by atoms with Crippen LogP contribution in [0.2, 0.25) is 0 Å². The summed E-state index contributed by atoms with van der Waals surface area (Å²) in [6.07, 6.45) is 2.55. The van der Waals surface area contributed by atoms with Crippen molar-refractivity contribution < 1.29 is 14.1 Å². The predicted octanol–water partition coefficient (Wildman–Crippen LogP) is 0.849. The summed E-state index contributed by atoms with van der Waals surface area (Å²) in [6.45, 7) is 7.15. The zero-order chi connectivity index (χ0) is 14.7. The molecule has 2 fully saturated rings. The van der Waals surface area contributed by atoms with Gasteiger partial charge in [0.1, 0.15) is 5.76 Å². The van der Waals surface area contributed by atoms with Gasteiger partial charge in [0, 0.05) is 51.5 Å². The molecule has 6 nitrogen and oxygen atoms in total. The van der Waals surface area contributed by atoms with E-state index in [0.29, 0.717) is 18.2 Å². The van der Waals surface area contributed by atoms with Gasteiger partial charge < -0.3 is 14.2 Å². The first-order valence-electron chi connectivity index (χ1n) is 7.74. The molecule has 0 N–H and O–H groups in total. The number of rotatable bonds is 3. The predicted molar refractivity (Wildman–Crippen MR) is 76.9 cm³/mol. The maximum absolute atomic E-state index is 12.3. The molecule has 0 spiro atoms. The highest BCUT2D eigenvalue weighted by atomic mass is 16.5. The summed E-state index contributed by atoms with van der Waals surface area (Å²) in [7, 11) is 0. The fourth-order valence-corrected chi connectivity index (χ4v) is 3.15. The quantitative estimate of drug-likeness (QED) is 0.827. The number of aromatic nitrogens is 1. The second-order valence-electron chi connectivity index (χ2n) is 5.87. The minimum absolute atomic E-state index is 0.137. The summed E-state index contributed by atoms with van der Waals surface area (Å²) in [5.41, 5.74) is 0.821. The molecule has 2 aliphatic heterocycles. The lowest BCUT2D eigenvalue weighted by atomic mass is 10.1. The Kier molecular flexibility index (Phi) is 4.55. The van der Waals surface area contributed by atoms with Gasteiger partial charge >= 0.3 is 0 Å². The van der Waals surface area contributed by atoms with Crippen LogP contribution in [0.5, 0.6) is 0 Å². The lowest BCUT2D eigenvalue weighted by Gasteiger charge is -2.40. The number of carbonyl (C=O) groups excluding carboxylic acids is 1. The van der Waals surface area contributed by atoms with Gasteiger partial charge in [-0.05, 0) is 19.8 Å². The normalized spacial score (nSPS) is 21.7. The summed E-state index contributed by atoms with van der Waals surface area (Å²) in [5, 5.41) is 3.82. The number of carbonyl (C=O) groups is 1. The van der Waals surface area contributed by atoms with E-state index in [1.807, 2.05) is 17.9 Å². The number of piperazine rings is 1. The Morgan fingerprint density at radius 3 is 2.62 bits per heavy atom. The number of hydrogen-bond acceptors (Lipinski definition) is 5. The van der Waals surface area contributed by atoms with Crippen molar-refractivity contribution in [3.63, 3.8) is 0 Å². The Labute approximate surface area is 125 Å². The Bertz CT molecular complexity index is 474. The van der Waals surface area contributed by atoms with E-state index < -0.39 is 0 Å². The largest absolute Gasteiger partial charge is 0.381 e. The summed E-state index contributed by atoms with van der Waals surface area (Å²) in [4.78, 5) is 16.7. The van der Waals surface area contributed by atoms with Crippen molar-refractivity contribution in [3.05, 3.63) is 17.5 Å². The van der Waals surface area contributed by atoms with Crippen molar-refractivity contribution >= 4 is 5.91 Å². The van der Waals surface area contributed by atoms with E-state index in [2.05, 4.69) is 10.1 Å². The average molecular weight is 293 g/mol. The highest BCUT2D eigenvalue weighted by Crippen LogP contribution is 2.17. The molecule has 0 saturated carbocycles. The number of hydrogen-bond donors (Lipinski definition) is 0. The maximum Gasteiger partial charge on any atom is 0.230 e. The van der Waals surface area contributed by atoms with Crippen LogP contribution in [-0.4, -0.2) is 66.3 Å². The van der Waals surface area contributed by atoms with E-state index in [1.54, 1.807) is 0 Å². The monoisotopic (exact) mass is 293 g/mol. The SMILES string of the molecule is Cc1cc(CC(=O)N2CCN(C3CCOCC3)CC2)on1. The molecule has 0 radical (unpaired) electrons. The van der Waals surface area contributed by atoms with Gasteiger partial charge in [-0.15, -0.1) is 0 Å². The molecule has 2 aliphatic rings.